The van der Waals surface area contributed by atoms with Crippen LogP contribution in [0.2, 0.25) is 10.0 Å². The summed E-state index contributed by atoms with van der Waals surface area (Å²) >= 11 is 12.3. The second-order valence-electron chi connectivity index (χ2n) is 7.35. The number of amides is 1. The van der Waals surface area contributed by atoms with Crippen LogP contribution in [0.25, 0.3) is 10.8 Å². The minimum absolute atomic E-state index is 0.00123. The first-order valence-corrected chi connectivity index (χ1v) is 10.9. The number of fused-ring (bicyclic) bond motifs is 1. The van der Waals surface area contributed by atoms with Crippen molar-refractivity contribution < 1.29 is 14.3 Å². The number of carbonyl (C=O) groups excluding carboxylic acids is 2. The molecule has 32 heavy (non-hydrogen) atoms. The Kier molecular flexibility index (Phi) is 7.88. The number of nitrogens with one attached hydrogen (secondary N) is 1. The molecule has 1 amide bonds. The molecule has 0 unspecified atom stereocenters. The lowest BCUT2D eigenvalue weighted by Crippen LogP contribution is -2.33. The molecular formula is C23H23Cl2N3O4. The molecule has 1 atom stereocenters. The van der Waals surface area contributed by atoms with Gasteiger partial charge in [-0.1, -0.05) is 60.8 Å². The maximum Gasteiger partial charge on any atom is 0.359 e. The molecule has 0 saturated carbocycles. The van der Waals surface area contributed by atoms with E-state index in [1.807, 2.05) is 13.0 Å². The van der Waals surface area contributed by atoms with Crippen molar-refractivity contribution in [2.24, 2.45) is 7.05 Å². The van der Waals surface area contributed by atoms with Gasteiger partial charge in [0.25, 0.3) is 11.5 Å². The predicted octanol–water partition coefficient (Wildman–Crippen LogP) is 4.10. The molecule has 0 bridgehead atoms. The van der Waals surface area contributed by atoms with Gasteiger partial charge in [0.1, 0.15) is 0 Å². The van der Waals surface area contributed by atoms with Crippen LogP contribution in [0.15, 0.2) is 47.3 Å². The number of hydrogen-bond donors (Lipinski definition) is 1. The van der Waals surface area contributed by atoms with Crippen LogP contribution < -0.4 is 10.9 Å². The highest BCUT2D eigenvalue weighted by atomic mass is 35.5. The highest BCUT2D eigenvalue weighted by molar-refractivity contribution is 6.35. The van der Waals surface area contributed by atoms with Crippen molar-refractivity contribution in [1.29, 1.82) is 0 Å². The van der Waals surface area contributed by atoms with Gasteiger partial charge in [0.2, 0.25) is 0 Å². The SMILES string of the molecule is CCC[C@@H](CNC(=O)COC(=O)c1nn(C)c(=O)c2ccccc12)c1ccc(Cl)cc1Cl. The molecule has 1 N–H and O–H groups in total. The van der Waals surface area contributed by atoms with E-state index >= 15 is 0 Å². The second kappa shape index (κ2) is 10.6. The van der Waals surface area contributed by atoms with E-state index in [1.54, 1.807) is 36.4 Å². The van der Waals surface area contributed by atoms with Crippen LogP contribution in [-0.2, 0) is 16.6 Å². The number of ether oxygens (including phenoxy) is 1. The van der Waals surface area contributed by atoms with E-state index < -0.39 is 18.5 Å². The fraction of sp³-hybridized carbons (Fsp3) is 0.304. The number of rotatable bonds is 8. The Bertz CT molecular complexity index is 1210. The summed E-state index contributed by atoms with van der Waals surface area (Å²) in [5.41, 5.74) is 0.557. The van der Waals surface area contributed by atoms with Gasteiger partial charge in [-0.15, -0.1) is 0 Å². The average molecular weight is 476 g/mol. The van der Waals surface area contributed by atoms with Crippen molar-refractivity contribution in [2.75, 3.05) is 13.2 Å². The molecule has 0 aliphatic heterocycles. The van der Waals surface area contributed by atoms with Gasteiger partial charge in [0, 0.05) is 34.9 Å². The summed E-state index contributed by atoms with van der Waals surface area (Å²) in [5, 5.41) is 8.61. The quantitative estimate of drug-likeness (QED) is 0.495. The van der Waals surface area contributed by atoms with E-state index in [2.05, 4.69) is 10.4 Å². The monoisotopic (exact) mass is 475 g/mol. The molecule has 168 valence electrons. The van der Waals surface area contributed by atoms with Gasteiger partial charge in [-0.3, -0.25) is 9.59 Å². The fourth-order valence-electron chi connectivity index (χ4n) is 3.49. The molecule has 0 fully saturated rings. The lowest BCUT2D eigenvalue weighted by molar-refractivity contribution is -0.124. The van der Waals surface area contributed by atoms with Crippen LogP contribution in [0.3, 0.4) is 0 Å². The summed E-state index contributed by atoms with van der Waals surface area (Å²) in [7, 11) is 1.45. The van der Waals surface area contributed by atoms with E-state index in [-0.39, 0.29) is 17.2 Å². The number of benzene rings is 2. The zero-order valence-corrected chi connectivity index (χ0v) is 19.2. The molecule has 0 aliphatic carbocycles. The van der Waals surface area contributed by atoms with Gasteiger partial charge < -0.3 is 10.1 Å². The molecule has 9 heteroatoms. The van der Waals surface area contributed by atoms with E-state index in [1.165, 1.54) is 7.05 Å². The van der Waals surface area contributed by atoms with Crippen molar-refractivity contribution in [1.82, 2.24) is 15.1 Å². The Hall–Kier alpha value is -2.90. The Morgan fingerprint density at radius 2 is 1.88 bits per heavy atom. The van der Waals surface area contributed by atoms with Crippen molar-refractivity contribution >= 4 is 45.9 Å². The van der Waals surface area contributed by atoms with Crippen molar-refractivity contribution in [3.05, 3.63) is 74.1 Å². The summed E-state index contributed by atoms with van der Waals surface area (Å²) < 4.78 is 6.23. The molecule has 3 aromatic rings. The number of aryl methyl sites for hydroxylation is 1. The Balaban J connectivity index is 1.64. The van der Waals surface area contributed by atoms with Gasteiger partial charge in [0.15, 0.2) is 12.3 Å². The third-order valence-corrected chi connectivity index (χ3v) is 5.63. The number of carbonyl (C=O) groups is 2. The first-order valence-electron chi connectivity index (χ1n) is 10.2. The highest BCUT2D eigenvalue weighted by Crippen LogP contribution is 2.30. The van der Waals surface area contributed by atoms with E-state index in [0.29, 0.717) is 27.4 Å². The van der Waals surface area contributed by atoms with Gasteiger partial charge >= 0.3 is 5.97 Å². The lowest BCUT2D eigenvalue weighted by Gasteiger charge is -2.19. The molecule has 0 radical (unpaired) electrons. The molecule has 3 rings (SSSR count). The Morgan fingerprint density at radius 3 is 2.56 bits per heavy atom. The topological polar surface area (TPSA) is 90.3 Å². The van der Waals surface area contributed by atoms with Crippen LogP contribution >= 0.6 is 23.2 Å². The number of esters is 1. The van der Waals surface area contributed by atoms with Gasteiger partial charge in [-0.25, -0.2) is 9.48 Å². The maximum absolute atomic E-state index is 12.6. The summed E-state index contributed by atoms with van der Waals surface area (Å²) in [4.78, 5) is 37.1. The first kappa shape index (κ1) is 23.8. The third kappa shape index (κ3) is 5.47. The zero-order chi connectivity index (χ0) is 23.3. The number of hydrogen-bond acceptors (Lipinski definition) is 5. The van der Waals surface area contributed by atoms with E-state index in [4.69, 9.17) is 27.9 Å². The second-order valence-corrected chi connectivity index (χ2v) is 8.20. The van der Waals surface area contributed by atoms with Crippen LogP contribution in [0, 0.1) is 0 Å². The largest absolute Gasteiger partial charge is 0.451 e. The molecule has 0 spiro atoms. The molecule has 0 saturated heterocycles. The van der Waals surface area contributed by atoms with Crippen molar-refractivity contribution in [2.45, 2.75) is 25.7 Å². The van der Waals surface area contributed by atoms with Gasteiger partial charge in [0.05, 0.1) is 5.39 Å². The smallest absolute Gasteiger partial charge is 0.359 e. The summed E-state index contributed by atoms with van der Waals surface area (Å²) in [6.07, 6.45) is 1.72. The standard InChI is InChI=1S/C23H23Cl2N3O4/c1-3-6-14(16-10-9-15(24)11-19(16)25)12-26-20(29)13-32-23(31)21-17-7-4-5-8-18(17)22(30)28(2)27-21/h4-5,7-11,14H,3,6,12-13H2,1-2H3,(H,26,29)/t14-/m0/s1. The number of nitrogens with zero attached hydrogens (tertiary/aromatic N) is 2. The Morgan fingerprint density at radius 1 is 1.16 bits per heavy atom. The maximum atomic E-state index is 12.6. The summed E-state index contributed by atoms with van der Waals surface area (Å²) in [6.45, 7) is 1.92. The molecule has 1 aromatic heterocycles. The van der Waals surface area contributed by atoms with Crippen molar-refractivity contribution in [3.8, 4) is 0 Å². The van der Waals surface area contributed by atoms with Crippen LogP contribution in [-0.4, -0.2) is 34.8 Å². The minimum Gasteiger partial charge on any atom is -0.451 e. The molecular weight excluding hydrogens is 453 g/mol. The van der Waals surface area contributed by atoms with Crippen molar-refractivity contribution in [3.63, 3.8) is 0 Å². The Labute approximate surface area is 195 Å². The molecule has 7 nitrogen and oxygen atoms in total. The van der Waals surface area contributed by atoms with Gasteiger partial charge in [-0.05, 0) is 30.2 Å². The molecule has 2 aromatic carbocycles. The first-order chi connectivity index (χ1) is 15.3. The number of halogens is 2. The highest BCUT2D eigenvalue weighted by Gasteiger charge is 2.19. The van der Waals surface area contributed by atoms with Crippen LogP contribution in [0.4, 0.5) is 0 Å². The number of aromatic nitrogens is 2. The zero-order valence-electron chi connectivity index (χ0n) is 17.7. The van der Waals surface area contributed by atoms with E-state index in [9.17, 15) is 14.4 Å². The minimum atomic E-state index is -0.780. The predicted molar refractivity (Wildman–Crippen MR) is 124 cm³/mol. The van der Waals surface area contributed by atoms with Crippen LogP contribution in [0.5, 0.6) is 0 Å². The molecule has 1 heterocycles. The third-order valence-electron chi connectivity index (χ3n) is 5.07. The van der Waals surface area contributed by atoms with Crippen LogP contribution in [0.1, 0.15) is 41.7 Å². The molecule has 0 aliphatic rings. The summed E-state index contributed by atoms with van der Waals surface area (Å²) in [6, 6.07) is 11.9. The fourth-order valence-corrected chi connectivity index (χ4v) is 4.05. The average Bonchev–Trinajstić information content (AvgIpc) is 2.77. The summed E-state index contributed by atoms with van der Waals surface area (Å²) in [5.74, 6) is -1.23. The van der Waals surface area contributed by atoms with Gasteiger partial charge in [-0.2, -0.15) is 5.10 Å². The lowest BCUT2D eigenvalue weighted by atomic mass is 9.94. The van der Waals surface area contributed by atoms with E-state index in [0.717, 1.165) is 23.1 Å². The normalized spacial score (nSPS) is 11.9.